The molecule has 0 aliphatic carbocycles. The van der Waals surface area contributed by atoms with Crippen molar-refractivity contribution in [2.75, 3.05) is 18.0 Å². The van der Waals surface area contributed by atoms with Gasteiger partial charge in [0.1, 0.15) is 0 Å². The highest BCUT2D eigenvalue weighted by atomic mass is 16.2. The van der Waals surface area contributed by atoms with Gasteiger partial charge in [0.2, 0.25) is 5.82 Å². The highest BCUT2D eigenvalue weighted by molar-refractivity contribution is 6.07. The van der Waals surface area contributed by atoms with Crippen LogP contribution in [-0.4, -0.2) is 34.3 Å². The minimum atomic E-state index is -0.266. The zero-order valence-corrected chi connectivity index (χ0v) is 15.0. The first-order chi connectivity index (χ1) is 12.7. The molecule has 0 spiro atoms. The summed E-state index contributed by atoms with van der Waals surface area (Å²) in [4.78, 5) is 31.6. The molecule has 0 aliphatic heterocycles. The molecule has 0 aliphatic rings. The second kappa shape index (κ2) is 7.82. The fourth-order valence-corrected chi connectivity index (χ4v) is 2.85. The number of hydrogen-bond acceptors (Lipinski definition) is 3. The van der Waals surface area contributed by atoms with Crippen LogP contribution in [0.2, 0.25) is 0 Å². The molecular formula is C20H22N4O2. The van der Waals surface area contributed by atoms with Crippen molar-refractivity contribution in [3.05, 3.63) is 66.2 Å². The summed E-state index contributed by atoms with van der Waals surface area (Å²) in [6.45, 7) is 4.97. The summed E-state index contributed by atoms with van der Waals surface area (Å²) in [5.74, 6) is -0.278. The minimum Gasteiger partial charge on any atom is -0.351 e. The number of aromatic nitrogens is 2. The van der Waals surface area contributed by atoms with Gasteiger partial charge in [-0.2, -0.15) is 0 Å². The zero-order chi connectivity index (χ0) is 18.5. The highest BCUT2D eigenvalue weighted by Crippen LogP contribution is 2.19. The van der Waals surface area contributed by atoms with Crippen molar-refractivity contribution in [1.29, 1.82) is 0 Å². The van der Waals surface area contributed by atoms with E-state index in [1.54, 1.807) is 21.6 Å². The number of imidazole rings is 1. The number of fused-ring (bicyclic) bond motifs is 1. The first-order valence-corrected chi connectivity index (χ1v) is 8.79. The summed E-state index contributed by atoms with van der Waals surface area (Å²) in [5, 5.41) is 2.83. The lowest BCUT2D eigenvalue weighted by molar-refractivity contribution is 0.0951. The molecule has 0 fully saturated rings. The van der Waals surface area contributed by atoms with E-state index in [9.17, 15) is 9.59 Å². The molecule has 2 amide bonds. The van der Waals surface area contributed by atoms with E-state index >= 15 is 0 Å². The summed E-state index contributed by atoms with van der Waals surface area (Å²) < 4.78 is 1.68. The molecule has 1 aromatic carbocycles. The normalized spacial score (nSPS) is 10.7. The van der Waals surface area contributed by atoms with E-state index in [4.69, 9.17) is 0 Å². The number of rotatable bonds is 6. The molecule has 0 radical (unpaired) electrons. The molecule has 0 saturated carbocycles. The van der Waals surface area contributed by atoms with Crippen LogP contribution in [0.3, 0.4) is 0 Å². The number of para-hydroxylation sites is 1. The molecular weight excluding hydrogens is 328 g/mol. The van der Waals surface area contributed by atoms with Crippen LogP contribution in [0.5, 0.6) is 0 Å². The van der Waals surface area contributed by atoms with Gasteiger partial charge in [0.15, 0.2) is 5.69 Å². The standard InChI is InChI=1S/C20H22N4O2/c1-3-13-21-19(25)17-16-12-8-9-14-24(16)18(22-17)20(26)23(4-2)15-10-6-5-7-11-15/h5-12,14H,3-4,13H2,1-2H3,(H,21,25). The molecule has 0 unspecified atom stereocenters. The van der Waals surface area contributed by atoms with E-state index in [1.807, 2.05) is 56.3 Å². The largest absolute Gasteiger partial charge is 0.351 e. The van der Waals surface area contributed by atoms with Gasteiger partial charge >= 0.3 is 0 Å². The maximum absolute atomic E-state index is 13.2. The maximum atomic E-state index is 13.2. The first kappa shape index (κ1) is 17.7. The van der Waals surface area contributed by atoms with Gasteiger partial charge in [-0.25, -0.2) is 4.98 Å². The molecule has 6 nitrogen and oxygen atoms in total. The Bertz CT molecular complexity index is 918. The predicted molar refractivity (Wildman–Crippen MR) is 102 cm³/mol. The third-order valence-corrected chi connectivity index (χ3v) is 4.12. The van der Waals surface area contributed by atoms with Gasteiger partial charge in [-0.1, -0.05) is 31.2 Å². The number of pyridine rings is 1. The molecule has 3 rings (SSSR count). The number of nitrogens with zero attached hydrogens (tertiary/aromatic N) is 3. The molecule has 2 heterocycles. The third kappa shape index (κ3) is 3.31. The van der Waals surface area contributed by atoms with Crippen molar-refractivity contribution in [2.24, 2.45) is 0 Å². The summed E-state index contributed by atoms with van der Waals surface area (Å²) in [6.07, 6.45) is 2.59. The predicted octanol–water partition coefficient (Wildman–Crippen LogP) is 3.14. The molecule has 1 N–H and O–H groups in total. The first-order valence-electron chi connectivity index (χ1n) is 8.79. The van der Waals surface area contributed by atoms with E-state index in [0.717, 1.165) is 12.1 Å². The number of anilines is 1. The van der Waals surface area contributed by atoms with E-state index in [0.29, 0.717) is 18.6 Å². The highest BCUT2D eigenvalue weighted by Gasteiger charge is 2.25. The molecule has 2 aromatic heterocycles. The van der Waals surface area contributed by atoms with Crippen LogP contribution >= 0.6 is 0 Å². The Morgan fingerprint density at radius 3 is 2.50 bits per heavy atom. The zero-order valence-electron chi connectivity index (χ0n) is 15.0. The van der Waals surface area contributed by atoms with Crippen molar-refractivity contribution in [1.82, 2.24) is 14.7 Å². The number of carbonyl (C=O) groups excluding carboxylic acids is 2. The molecule has 0 atom stereocenters. The van der Waals surface area contributed by atoms with E-state index in [-0.39, 0.29) is 23.3 Å². The van der Waals surface area contributed by atoms with Crippen LogP contribution in [0.15, 0.2) is 54.7 Å². The smallest absolute Gasteiger partial charge is 0.294 e. The van der Waals surface area contributed by atoms with Crippen LogP contribution in [0.25, 0.3) is 5.52 Å². The van der Waals surface area contributed by atoms with Gasteiger partial charge in [0, 0.05) is 25.0 Å². The average molecular weight is 350 g/mol. The van der Waals surface area contributed by atoms with Gasteiger partial charge in [0.25, 0.3) is 11.8 Å². The fraction of sp³-hybridized carbons (Fsp3) is 0.250. The van der Waals surface area contributed by atoms with Crippen molar-refractivity contribution in [3.63, 3.8) is 0 Å². The second-order valence-corrected chi connectivity index (χ2v) is 5.88. The Kier molecular flexibility index (Phi) is 5.31. The molecule has 0 bridgehead atoms. The van der Waals surface area contributed by atoms with Crippen molar-refractivity contribution in [2.45, 2.75) is 20.3 Å². The molecule has 134 valence electrons. The SMILES string of the molecule is CCCNC(=O)c1nc(C(=O)N(CC)c2ccccc2)n2ccccc12. The number of hydrogen-bond donors (Lipinski definition) is 1. The van der Waals surface area contributed by atoms with Crippen LogP contribution in [-0.2, 0) is 0 Å². The Labute approximate surface area is 152 Å². The number of carbonyl (C=O) groups is 2. The van der Waals surface area contributed by atoms with Gasteiger partial charge in [-0.05, 0) is 37.6 Å². The quantitative estimate of drug-likeness (QED) is 0.743. The maximum Gasteiger partial charge on any atom is 0.294 e. The monoisotopic (exact) mass is 350 g/mol. The summed E-state index contributed by atoms with van der Waals surface area (Å²) in [7, 11) is 0. The Hall–Kier alpha value is -3.15. The summed E-state index contributed by atoms with van der Waals surface area (Å²) in [5.41, 5.74) is 1.68. The second-order valence-electron chi connectivity index (χ2n) is 5.88. The molecule has 26 heavy (non-hydrogen) atoms. The van der Waals surface area contributed by atoms with Gasteiger partial charge < -0.3 is 10.2 Å². The Balaban J connectivity index is 2.04. The van der Waals surface area contributed by atoms with Crippen molar-refractivity contribution >= 4 is 23.0 Å². The van der Waals surface area contributed by atoms with E-state index in [2.05, 4.69) is 10.3 Å². The van der Waals surface area contributed by atoms with Crippen molar-refractivity contribution in [3.8, 4) is 0 Å². The fourth-order valence-electron chi connectivity index (χ4n) is 2.85. The van der Waals surface area contributed by atoms with Crippen LogP contribution in [0, 0.1) is 0 Å². The number of nitrogens with one attached hydrogen (secondary N) is 1. The Morgan fingerprint density at radius 2 is 1.81 bits per heavy atom. The summed E-state index contributed by atoms with van der Waals surface area (Å²) in [6, 6.07) is 14.9. The molecule has 6 heteroatoms. The lowest BCUT2D eigenvalue weighted by Gasteiger charge is -2.20. The van der Waals surface area contributed by atoms with Gasteiger partial charge in [-0.3, -0.25) is 14.0 Å². The van der Waals surface area contributed by atoms with Crippen LogP contribution in [0.1, 0.15) is 41.4 Å². The van der Waals surface area contributed by atoms with Gasteiger partial charge in [-0.15, -0.1) is 0 Å². The van der Waals surface area contributed by atoms with Crippen molar-refractivity contribution < 1.29 is 9.59 Å². The number of amides is 2. The van der Waals surface area contributed by atoms with Crippen LogP contribution < -0.4 is 10.2 Å². The lowest BCUT2D eigenvalue weighted by atomic mass is 10.3. The molecule has 3 aromatic rings. The topological polar surface area (TPSA) is 66.7 Å². The van der Waals surface area contributed by atoms with E-state index < -0.39 is 0 Å². The van der Waals surface area contributed by atoms with E-state index in [1.165, 1.54) is 0 Å². The van der Waals surface area contributed by atoms with Gasteiger partial charge in [0.05, 0.1) is 5.52 Å². The Morgan fingerprint density at radius 1 is 1.08 bits per heavy atom. The van der Waals surface area contributed by atoms with Crippen LogP contribution in [0.4, 0.5) is 5.69 Å². The molecule has 0 saturated heterocycles. The third-order valence-electron chi connectivity index (χ3n) is 4.12. The number of benzene rings is 1. The summed E-state index contributed by atoms with van der Waals surface area (Å²) >= 11 is 0. The lowest BCUT2D eigenvalue weighted by Crippen LogP contribution is -2.32. The average Bonchev–Trinajstić information content (AvgIpc) is 3.07. The minimum absolute atomic E-state index is 0.230.